The van der Waals surface area contributed by atoms with Gasteiger partial charge in [-0.1, -0.05) is 23.2 Å². The SMILES string of the molecule is C[C@@H]1NCC[C@H]1N(C(=O)O)C(=O)CNc1ncnc2cc(Cl)c(Cl)cc12. The average molecular weight is 398 g/mol. The van der Waals surface area contributed by atoms with Gasteiger partial charge in [-0.25, -0.2) is 19.7 Å². The molecule has 2 heterocycles. The number of carbonyl (C=O) groups is 2. The zero-order valence-electron chi connectivity index (χ0n) is 13.9. The summed E-state index contributed by atoms with van der Waals surface area (Å²) in [4.78, 5) is 33.2. The van der Waals surface area contributed by atoms with Crippen LogP contribution in [-0.4, -0.2) is 57.1 Å². The van der Waals surface area contributed by atoms with Gasteiger partial charge in [-0.2, -0.15) is 0 Å². The maximum Gasteiger partial charge on any atom is 0.414 e. The highest BCUT2D eigenvalue weighted by atomic mass is 35.5. The molecular weight excluding hydrogens is 381 g/mol. The Kier molecular flexibility index (Phi) is 5.45. The van der Waals surface area contributed by atoms with Gasteiger partial charge in [0.05, 0.1) is 28.1 Å². The summed E-state index contributed by atoms with van der Waals surface area (Å²) in [6.07, 6.45) is 0.654. The fraction of sp³-hybridized carbons (Fsp3) is 0.375. The van der Waals surface area contributed by atoms with Crippen molar-refractivity contribution < 1.29 is 14.7 Å². The molecule has 2 amide bonds. The van der Waals surface area contributed by atoms with Crippen LogP contribution in [0, 0.1) is 0 Å². The predicted octanol–water partition coefficient (Wildman–Crippen LogP) is 2.61. The van der Waals surface area contributed by atoms with Gasteiger partial charge in [0.25, 0.3) is 5.91 Å². The fourth-order valence-corrected chi connectivity index (χ4v) is 3.39. The number of amides is 2. The monoisotopic (exact) mass is 397 g/mol. The van der Waals surface area contributed by atoms with Crippen LogP contribution in [0.1, 0.15) is 13.3 Å². The molecule has 1 saturated heterocycles. The summed E-state index contributed by atoms with van der Waals surface area (Å²) in [6.45, 7) is 2.31. The Morgan fingerprint density at radius 1 is 1.35 bits per heavy atom. The van der Waals surface area contributed by atoms with E-state index in [4.69, 9.17) is 23.2 Å². The Balaban J connectivity index is 1.79. The molecule has 1 aromatic carbocycles. The van der Waals surface area contributed by atoms with Crippen molar-refractivity contribution in [2.24, 2.45) is 0 Å². The highest BCUT2D eigenvalue weighted by Crippen LogP contribution is 2.29. The number of aromatic nitrogens is 2. The first-order valence-electron chi connectivity index (χ1n) is 8.00. The van der Waals surface area contributed by atoms with Gasteiger partial charge < -0.3 is 15.7 Å². The Morgan fingerprint density at radius 3 is 2.73 bits per heavy atom. The molecule has 0 saturated carbocycles. The molecule has 0 radical (unpaired) electrons. The number of anilines is 1. The van der Waals surface area contributed by atoms with Gasteiger partial charge in [-0.15, -0.1) is 0 Å². The number of rotatable bonds is 4. The molecule has 0 spiro atoms. The van der Waals surface area contributed by atoms with Gasteiger partial charge in [0.15, 0.2) is 0 Å². The molecule has 1 fully saturated rings. The van der Waals surface area contributed by atoms with Gasteiger partial charge in [0.1, 0.15) is 12.1 Å². The van der Waals surface area contributed by atoms with Crippen molar-refractivity contribution in [3.63, 3.8) is 0 Å². The molecule has 3 rings (SSSR count). The van der Waals surface area contributed by atoms with Crippen molar-refractivity contribution >= 4 is 51.9 Å². The smallest absolute Gasteiger partial charge is 0.414 e. The molecule has 0 aliphatic carbocycles. The standard InChI is InChI=1S/C16H17Cl2N5O3/c1-8-13(2-3-19-8)23(16(25)26)14(24)6-20-15-9-4-10(17)11(18)5-12(9)21-7-22-15/h4-5,7-8,13,19H,2-3,6H2,1H3,(H,25,26)(H,20,21,22)/t8-,13+/m0/s1. The third-order valence-corrected chi connectivity index (χ3v) is 5.10. The van der Waals surface area contributed by atoms with Crippen LogP contribution in [0.3, 0.4) is 0 Å². The summed E-state index contributed by atoms with van der Waals surface area (Å²) in [5.41, 5.74) is 0.563. The largest absolute Gasteiger partial charge is 0.465 e. The van der Waals surface area contributed by atoms with Crippen molar-refractivity contribution in [3.8, 4) is 0 Å². The molecule has 0 bridgehead atoms. The first-order valence-corrected chi connectivity index (χ1v) is 8.76. The molecule has 8 nitrogen and oxygen atoms in total. The lowest BCUT2D eigenvalue weighted by Crippen LogP contribution is -2.50. The van der Waals surface area contributed by atoms with E-state index in [-0.39, 0.29) is 12.6 Å². The highest BCUT2D eigenvalue weighted by Gasteiger charge is 2.35. The van der Waals surface area contributed by atoms with Crippen LogP contribution < -0.4 is 10.6 Å². The number of hydrogen-bond donors (Lipinski definition) is 3. The van der Waals surface area contributed by atoms with Gasteiger partial charge >= 0.3 is 6.09 Å². The zero-order chi connectivity index (χ0) is 18.8. The lowest BCUT2D eigenvalue weighted by molar-refractivity contribution is -0.129. The minimum atomic E-state index is -1.26. The number of hydrogen-bond acceptors (Lipinski definition) is 6. The normalized spacial score (nSPS) is 19.5. The molecule has 0 unspecified atom stereocenters. The van der Waals surface area contributed by atoms with Crippen LogP contribution in [0.25, 0.3) is 10.9 Å². The van der Waals surface area contributed by atoms with E-state index in [0.717, 1.165) is 4.90 Å². The van der Waals surface area contributed by atoms with Crippen molar-refractivity contribution in [1.29, 1.82) is 0 Å². The van der Waals surface area contributed by atoms with E-state index < -0.39 is 18.0 Å². The van der Waals surface area contributed by atoms with Gasteiger partial charge in [0.2, 0.25) is 0 Å². The number of benzene rings is 1. The van der Waals surface area contributed by atoms with Gasteiger partial charge in [-0.3, -0.25) is 4.79 Å². The number of halogens is 2. The summed E-state index contributed by atoms with van der Waals surface area (Å²) in [7, 11) is 0. The fourth-order valence-electron chi connectivity index (χ4n) is 3.07. The van der Waals surface area contributed by atoms with E-state index in [1.54, 1.807) is 12.1 Å². The van der Waals surface area contributed by atoms with E-state index in [1.807, 2.05) is 6.92 Å². The summed E-state index contributed by atoms with van der Waals surface area (Å²) in [5, 5.41) is 16.8. The molecule has 10 heteroatoms. The zero-order valence-corrected chi connectivity index (χ0v) is 15.4. The van der Waals surface area contributed by atoms with E-state index in [0.29, 0.717) is 39.7 Å². The second-order valence-corrected chi connectivity index (χ2v) is 6.82. The Bertz CT molecular complexity index is 863. The Morgan fingerprint density at radius 2 is 2.08 bits per heavy atom. The summed E-state index contributed by atoms with van der Waals surface area (Å²) < 4.78 is 0. The molecule has 138 valence electrons. The molecule has 2 atom stereocenters. The van der Waals surface area contributed by atoms with Crippen molar-refractivity contribution in [2.45, 2.75) is 25.4 Å². The summed E-state index contributed by atoms with van der Waals surface area (Å²) >= 11 is 12.0. The van der Waals surface area contributed by atoms with Crippen LogP contribution in [0.15, 0.2) is 18.5 Å². The molecule has 1 aliphatic rings. The van der Waals surface area contributed by atoms with Gasteiger partial charge in [-0.05, 0) is 32.0 Å². The molecular formula is C16H17Cl2N5O3. The topological polar surface area (TPSA) is 107 Å². The highest BCUT2D eigenvalue weighted by molar-refractivity contribution is 6.42. The molecule has 26 heavy (non-hydrogen) atoms. The Labute approximate surface area is 159 Å². The molecule has 3 N–H and O–H groups in total. The van der Waals surface area contributed by atoms with Crippen LogP contribution in [0.5, 0.6) is 0 Å². The van der Waals surface area contributed by atoms with Crippen LogP contribution in [0.4, 0.5) is 10.6 Å². The van der Waals surface area contributed by atoms with E-state index in [9.17, 15) is 14.7 Å². The second kappa shape index (κ2) is 7.61. The van der Waals surface area contributed by atoms with Crippen molar-refractivity contribution in [2.75, 3.05) is 18.4 Å². The molecule has 1 aliphatic heterocycles. The minimum Gasteiger partial charge on any atom is -0.465 e. The van der Waals surface area contributed by atoms with Gasteiger partial charge in [0, 0.05) is 11.4 Å². The van der Waals surface area contributed by atoms with E-state index >= 15 is 0 Å². The average Bonchev–Trinajstić information content (AvgIpc) is 2.99. The number of nitrogens with zero attached hydrogens (tertiary/aromatic N) is 3. The lowest BCUT2D eigenvalue weighted by atomic mass is 10.1. The van der Waals surface area contributed by atoms with Crippen molar-refractivity contribution in [1.82, 2.24) is 20.2 Å². The number of carbonyl (C=O) groups excluding carboxylic acids is 1. The lowest BCUT2D eigenvalue weighted by Gasteiger charge is -2.27. The number of carboxylic acid groups (broad SMARTS) is 1. The second-order valence-electron chi connectivity index (χ2n) is 6.00. The van der Waals surface area contributed by atoms with E-state index in [1.165, 1.54) is 6.33 Å². The summed E-state index contributed by atoms with van der Waals surface area (Å²) in [6, 6.07) is 2.72. The maximum atomic E-state index is 12.5. The third kappa shape index (κ3) is 3.67. The van der Waals surface area contributed by atoms with Crippen LogP contribution in [0.2, 0.25) is 10.0 Å². The quantitative estimate of drug-likeness (QED) is 0.727. The maximum absolute atomic E-state index is 12.5. The van der Waals surface area contributed by atoms with E-state index in [2.05, 4.69) is 20.6 Å². The third-order valence-electron chi connectivity index (χ3n) is 4.37. The summed E-state index contributed by atoms with van der Waals surface area (Å²) in [5.74, 6) is -0.172. The van der Waals surface area contributed by atoms with Crippen LogP contribution >= 0.6 is 23.2 Å². The van der Waals surface area contributed by atoms with Crippen LogP contribution in [-0.2, 0) is 4.79 Å². The molecule has 2 aromatic rings. The first-order chi connectivity index (χ1) is 12.4. The van der Waals surface area contributed by atoms with Crippen molar-refractivity contribution in [3.05, 3.63) is 28.5 Å². The predicted molar refractivity (Wildman–Crippen MR) is 98.8 cm³/mol. The number of nitrogens with one attached hydrogen (secondary N) is 2. The minimum absolute atomic E-state index is 0.0871. The molecule has 1 aromatic heterocycles. The Hall–Kier alpha value is -2.16. The number of fused-ring (bicyclic) bond motifs is 1. The first kappa shape index (κ1) is 18.6. The number of imide groups is 1.